The lowest BCUT2D eigenvalue weighted by Gasteiger charge is -2.17. The van der Waals surface area contributed by atoms with Gasteiger partial charge in [0.1, 0.15) is 5.75 Å². The van der Waals surface area contributed by atoms with Crippen LogP contribution in [0, 0.1) is 5.92 Å². The van der Waals surface area contributed by atoms with Crippen LogP contribution in [-0.2, 0) is 10.0 Å². The Morgan fingerprint density at radius 3 is 2.57 bits per heavy atom. The molecule has 0 aliphatic rings. The van der Waals surface area contributed by atoms with Crippen LogP contribution in [0.3, 0.4) is 0 Å². The quantitative estimate of drug-likeness (QED) is 0.855. The minimum atomic E-state index is -3.47. The van der Waals surface area contributed by atoms with E-state index >= 15 is 0 Å². The number of rotatable bonds is 7. The van der Waals surface area contributed by atoms with Crippen molar-refractivity contribution in [3.8, 4) is 5.75 Å². The highest BCUT2D eigenvalue weighted by molar-refractivity contribution is 7.89. The summed E-state index contributed by atoms with van der Waals surface area (Å²) in [6.45, 7) is 2.38. The molecule has 0 radical (unpaired) electrons. The van der Waals surface area contributed by atoms with E-state index in [4.69, 9.17) is 9.88 Å². The minimum Gasteiger partial charge on any atom is -0.493 e. The van der Waals surface area contributed by atoms with Gasteiger partial charge in [0.25, 0.3) is 0 Å². The molecular weight excluding hydrogens is 286 g/mol. The molecule has 0 aromatic heterocycles. The first-order valence-electron chi connectivity index (χ1n) is 7.10. The summed E-state index contributed by atoms with van der Waals surface area (Å²) in [5.41, 5.74) is 0. The van der Waals surface area contributed by atoms with Gasteiger partial charge in [0, 0.05) is 11.3 Å². The van der Waals surface area contributed by atoms with Crippen molar-refractivity contribution >= 4 is 20.8 Å². The maximum absolute atomic E-state index is 11.3. The first kappa shape index (κ1) is 15.8. The zero-order valence-electron chi connectivity index (χ0n) is 12.2. The minimum absolute atomic E-state index is 0.0361. The summed E-state index contributed by atoms with van der Waals surface area (Å²) in [4.78, 5) is 0. The second kappa shape index (κ2) is 6.91. The smallest absolute Gasteiger partial charge is 0.209 e. The van der Waals surface area contributed by atoms with Gasteiger partial charge in [-0.3, -0.25) is 0 Å². The van der Waals surface area contributed by atoms with Crippen molar-refractivity contribution in [3.63, 3.8) is 0 Å². The van der Waals surface area contributed by atoms with Crippen LogP contribution in [0.4, 0.5) is 0 Å². The van der Waals surface area contributed by atoms with Crippen molar-refractivity contribution in [2.24, 2.45) is 11.1 Å². The third-order valence-electron chi connectivity index (χ3n) is 3.39. The van der Waals surface area contributed by atoms with E-state index in [0.717, 1.165) is 29.4 Å². The molecule has 0 heterocycles. The normalized spacial score (nSPS) is 13.2. The Labute approximate surface area is 126 Å². The van der Waals surface area contributed by atoms with Gasteiger partial charge in [-0.15, -0.1) is 0 Å². The molecule has 0 bridgehead atoms. The average molecular weight is 307 g/mol. The van der Waals surface area contributed by atoms with Gasteiger partial charge in [-0.2, -0.15) is 0 Å². The van der Waals surface area contributed by atoms with Gasteiger partial charge in [-0.05, 0) is 17.9 Å². The second-order valence-corrected chi connectivity index (χ2v) is 6.93. The SMILES string of the molecule is CCCC(COc1cccc2ccccc12)CS(N)(=O)=O. The molecule has 0 fully saturated rings. The highest BCUT2D eigenvalue weighted by Crippen LogP contribution is 2.26. The van der Waals surface area contributed by atoms with Crippen molar-refractivity contribution in [2.75, 3.05) is 12.4 Å². The molecule has 0 aliphatic carbocycles. The molecule has 0 spiro atoms. The molecule has 2 rings (SSSR count). The molecule has 5 heteroatoms. The van der Waals surface area contributed by atoms with Crippen LogP contribution in [-0.4, -0.2) is 20.8 Å². The molecule has 1 unspecified atom stereocenters. The average Bonchev–Trinajstić information content (AvgIpc) is 2.43. The number of fused-ring (bicyclic) bond motifs is 1. The summed E-state index contributed by atoms with van der Waals surface area (Å²) < 4.78 is 28.4. The van der Waals surface area contributed by atoms with E-state index in [0.29, 0.717) is 6.61 Å². The molecule has 21 heavy (non-hydrogen) atoms. The fourth-order valence-corrected chi connectivity index (χ4v) is 3.40. The first-order valence-corrected chi connectivity index (χ1v) is 8.82. The van der Waals surface area contributed by atoms with Gasteiger partial charge in [-0.25, -0.2) is 13.6 Å². The highest BCUT2D eigenvalue weighted by atomic mass is 32.2. The Hall–Kier alpha value is -1.59. The fraction of sp³-hybridized carbons (Fsp3) is 0.375. The van der Waals surface area contributed by atoms with Crippen molar-refractivity contribution < 1.29 is 13.2 Å². The lowest BCUT2D eigenvalue weighted by molar-refractivity contribution is 0.255. The van der Waals surface area contributed by atoms with E-state index in [9.17, 15) is 8.42 Å². The predicted molar refractivity (Wildman–Crippen MR) is 85.8 cm³/mol. The molecule has 0 saturated heterocycles. The van der Waals surface area contributed by atoms with Crippen LogP contribution in [0.5, 0.6) is 5.75 Å². The first-order chi connectivity index (χ1) is 9.99. The Balaban J connectivity index is 2.12. The summed E-state index contributed by atoms with van der Waals surface area (Å²) in [5.74, 6) is 0.665. The molecule has 2 aromatic rings. The van der Waals surface area contributed by atoms with Crippen molar-refractivity contribution in [1.29, 1.82) is 0 Å². The monoisotopic (exact) mass is 307 g/mol. The Morgan fingerprint density at radius 1 is 1.14 bits per heavy atom. The van der Waals surface area contributed by atoms with E-state index in [-0.39, 0.29) is 11.7 Å². The van der Waals surface area contributed by atoms with Crippen LogP contribution in [0.1, 0.15) is 19.8 Å². The topological polar surface area (TPSA) is 69.4 Å². The molecule has 1 atom stereocenters. The lowest BCUT2D eigenvalue weighted by Crippen LogP contribution is -2.27. The zero-order valence-corrected chi connectivity index (χ0v) is 13.0. The third kappa shape index (κ3) is 4.72. The van der Waals surface area contributed by atoms with E-state index in [1.807, 2.05) is 49.4 Å². The number of hydrogen-bond donors (Lipinski definition) is 1. The summed E-state index contributed by atoms with van der Waals surface area (Å²) in [5, 5.41) is 7.28. The van der Waals surface area contributed by atoms with Crippen LogP contribution < -0.4 is 9.88 Å². The van der Waals surface area contributed by atoms with Gasteiger partial charge in [0.05, 0.1) is 12.4 Å². The van der Waals surface area contributed by atoms with Gasteiger partial charge in [0.2, 0.25) is 10.0 Å². The number of hydrogen-bond acceptors (Lipinski definition) is 3. The van der Waals surface area contributed by atoms with Gasteiger partial charge in [-0.1, -0.05) is 49.7 Å². The van der Waals surface area contributed by atoms with Crippen molar-refractivity contribution in [2.45, 2.75) is 19.8 Å². The fourth-order valence-electron chi connectivity index (χ4n) is 2.48. The predicted octanol–water partition coefficient (Wildman–Crippen LogP) is 2.92. The third-order valence-corrected chi connectivity index (χ3v) is 4.33. The van der Waals surface area contributed by atoms with Crippen LogP contribution in [0.25, 0.3) is 10.8 Å². The maximum Gasteiger partial charge on any atom is 0.209 e. The lowest BCUT2D eigenvalue weighted by atomic mass is 10.1. The van der Waals surface area contributed by atoms with Crippen LogP contribution in [0.2, 0.25) is 0 Å². The van der Waals surface area contributed by atoms with Crippen LogP contribution >= 0.6 is 0 Å². The molecule has 4 nitrogen and oxygen atoms in total. The number of benzene rings is 2. The van der Waals surface area contributed by atoms with Crippen molar-refractivity contribution in [3.05, 3.63) is 42.5 Å². The molecule has 2 N–H and O–H groups in total. The maximum atomic E-state index is 11.3. The molecule has 0 amide bonds. The Bertz CT molecular complexity index is 692. The second-order valence-electron chi connectivity index (χ2n) is 5.27. The molecule has 2 aromatic carbocycles. The largest absolute Gasteiger partial charge is 0.493 e. The highest BCUT2D eigenvalue weighted by Gasteiger charge is 2.16. The van der Waals surface area contributed by atoms with Gasteiger partial charge in [0.15, 0.2) is 0 Å². The summed E-state index contributed by atoms with van der Waals surface area (Å²) >= 11 is 0. The number of nitrogens with two attached hydrogens (primary N) is 1. The number of primary sulfonamides is 1. The Morgan fingerprint density at radius 2 is 1.86 bits per heavy atom. The summed E-state index contributed by atoms with van der Waals surface area (Å²) in [6.07, 6.45) is 1.68. The number of ether oxygens (including phenoxy) is 1. The van der Waals surface area contributed by atoms with E-state index in [2.05, 4.69) is 0 Å². The molecule has 0 saturated carbocycles. The standard InChI is InChI=1S/C16H21NO3S/c1-2-6-13(12-21(17,18)19)11-20-16-10-5-8-14-7-3-4-9-15(14)16/h3-5,7-10,13H,2,6,11-12H2,1H3,(H2,17,18,19). The zero-order chi connectivity index (χ0) is 15.3. The Kier molecular flexibility index (Phi) is 5.20. The summed E-state index contributed by atoms with van der Waals surface area (Å²) in [7, 11) is -3.47. The van der Waals surface area contributed by atoms with E-state index in [1.165, 1.54) is 0 Å². The molecular formula is C16H21NO3S. The summed E-state index contributed by atoms with van der Waals surface area (Å²) in [6, 6.07) is 13.8. The van der Waals surface area contributed by atoms with E-state index < -0.39 is 10.0 Å². The van der Waals surface area contributed by atoms with Gasteiger partial charge < -0.3 is 4.74 Å². The number of sulfonamides is 1. The molecule has 114 valence electrons. The van der Waals surface area contributed by atoms with Crippen LogP contribution in [0.15, 0.2) is 42.5 Å². The van der Waals surface area contributed by atoms with Gasteiger partial charge >= 0.3 is 0 Å². The van der Waals surface area contributed by atoms with Crippen molar-refractivity contribution in [1.82, 2.24) is 0 Å². The molecule has 0 aliphatic heterocycles. The van der Waals surface area contributed by atoms with E-state index in [1.54, 1.807) is 0 Å².